The Morgan fingerprint density at radius 2 is 1.79 bits per heavy atom. The minimum absolute atomic E-state index is 0.0499. The molecule has 0 saturated carbocycles. The van der Waals surface area contributed by atoms with Crippen LogP contribution in [0.4, 0.5) is 10.1 Å². The summed E-state index contributed by atoms with van der Waals surface area (Å²) in [6, 6.07) is 13.8. The Morgan fingerprint density at radius 1 is 1.09 bits per heavy atom. The third kappa shape index (κ3) is 8.16. The van der Waals surface area contributed by atoms with Crippen LogP contribution in [0.5, 0.6) is 0 Å². The van der Waals surface area contributed by atoms with Gasteiger partial charge in [-0.3, -0.25) is 13.9 Å². The quantitative estimate of drug-likeness (QED) is 0.476. The number of carbonyl (C=O) groups excluding carboxylic acids is 2. The van der Waals surface area contributed by atoms with Crippen molar-refractivity contribution in [2.75, 3.05) is 30.2 Å². The number of amides is 2. The zero-order chi connectivity index (χ0) is 24.4. The van der Waals surface area contributed by atoms with E-state index in [1.165, 1.54) is 23.1 Å². The van der Waals surface area contributed by atoms with Gasteiger partial charge in [-0.1, -0.05) is 49.7 Å². The number of benzene rings is 2. The largest absolute Gasteiger partial charge is 0.354 e. The average molecular weight is 478 g/mol. The molecule has 0 aliphatic heterocycles. The zero-order valence-corrected chi connectivity index (χ0v) is 20.1. The van der Waals surface area contributed by atoms with Gasteiger partial charge in [0.25, 0.3) is 0 Å². The Hall–Kier alpha value is -2.94. The molecule has 0 heterocycles. The maximum Gasteiger partial charge on any atom is 0.244 e. The molecule has 0 saturated heterocycles. The summed E-state index contributed by atoms with van der Waals surface area (Å²) in [7, 11) is -3.88. The van der Waals surface area contributed by atoms with Crippen molar-refractivity contribution in [1.82, 2.24) is 10.2 Å². The monoisotopic (exact) mass is 477 g/mol. The molecule has 180 valence electrons. The lowest BCUT2D eigenvalue weighted by Crippen LogP contribution is -2.52. The number of anilines is 1. The highest BCUT2D eigenvalue weighted by atomic mass is 32.2. The van der Waals surface area contributed by atoms with E-state index in [2.05, 4.69) is 5.32 Å². The fourth-order valence-corrected chi connectivity index (χ4v) is 4.19. The molecule has 2 aromatic rings. The van der Waals surface area contributed by atoms with Crippen molar-refractivity contribution >= 4 is 27.5 Å². The van der Waals surface area contributed by atoms with Gasteiger partial charge in [-0.2, -0.15) is 0 Å². The first-order valence-electron chi connectivity index (χ1n) is 11.0. The normalized spacial score (nSPS) is 12.1. The van der Waals surface area contributed by atoms with E-state index in [1.54, 1.807) is 6.92 Å². The summed E-state index contributed by atoms with van der Waals surface area (Å²) in [5.74, 6) is -1.46. The molecule has 0 radical (unpaired) electrons. The van der Waals surface area contributed by atoms with Crippen molar-refractivity contribution in [2.24, 2.45) is 0 Å². The number of nitrogens with one attached hydrogen (secondary N) is 1. The van der Waals surface area contributed by atoms with E-state index in [9.17, 15) is 22.4 Å². The predicted octanol–water partition coefficient (Wildman–Crippen LogP) is 2.97. The van der Waals surface area contributed by atoms with E-state index in [4.69, 9.17) is 0 Å². The van der Waals surface area contributed by atoms with Crippen LogP contribution >= 0.6 is 0 Å². The minimum atomic E-state index is -3.88. The molecule has 1 atom stereocenters. The maximum absolute atomic E-state index is 13.7. The fraction of sp³-hybridized carbons (Fsp3) is 0.417. The minimum Gasteiger partial charge on any atom is -0.354 e. The molecule has 2 rings (SSSR count). The third-order valence-electron chi connectivity index (χ3n) is 5.26. The van der Waals surface area contributed by atoms with Gasteiger partial charge in [0.15, 0.2) is 0 Å². The highest BCUT2D eigenvalue weighted by molar-refractivity contribution is 7.92. The lowest BCUT2D eigenvalue weighted by atomic mass is 10.1. The fourth-order valence-electron chi connectivity index (χ4n) is 3.35. The smallest absolute Gasteiger partial charge is 0.244 e. The van der Waals surface area contributed by atoms with E-state index in [-0.39, 0.29) is 18.1 Å². The SMILES string of the molecule is CCCCNC(=O)[C@H](C)N(CCc1ccccc1)C(=O)CN(c1cccc(F)c1)S(C)(=O)=O. The zero-order valence-electron chi connectivity index (χ0n) is 19.3. The number of halogens is 1. The molecule has 0 fully saturated rings. The van der Waals surface area contributed by atoms with Crippen LogP contribution in [0.1, 0.15) is 32.3 Å². The Morgan fingerprint density at radius 3 is 2.39 bits per heavy atom. The molecule has 1 N–H and O–H groups in total. The standard InChI is InChI=1S/C24H32FN3O4S/c1-4-5-15-26-24(30)19(2)27(16-14-20-10-7-6-8-11-20)23(29)18-28(33(3,31)32)22-13-9-12-21(25)17-22/h6-13,17,19H,4-5,14-16,18H2,1-3H3,(H,26,30)/t19-/m0/s1. The summed E-state index contributed by atoms with van der Waals surface area (Å²) < 4.78 is 39.4. The average Bonchev–Trinajstić information content (AvgIpc) is 2.77. The number of carbonyl (C=O) groups is 2. The number of hydrogen-bond acceptors (Lipinski definition) is 4. The van der Waals surface area contributed by atoms with Gasteiger partial charge in [0.1, 0.15) is 18.4 Å². The first-order valence-corrected chi connectivity index (χ1v) is 12.8. The van der Waals surface area contributed by atoms with Crippen LogP contribution in [0.2, 0.25) is 0 Å². The molecular formula is C24H32FN3O4S. The summed E-state index contributed by atoms with van der Waals surface area (Å²) >= 11 is 0. The Bertz CT molecular complexity index is 1030. The molecular weight excluding hydrogens is 445 g/mol. The highest BCUT2D eigenvalue weighted by Crippen LogP contribution is 2.19. The first kappa shape index (κ1) is 26.3. The molecule has 0 unspecified atom stereocenters. The lowest BCUT2D eigenvalue weighted by molar-refractivity contribution is -0.138. The van der Waals surface area contributed by atoms with Gasteiger partial charge in [-0.25, -0.2) is 12.8 Å². The summed E-state index contributed by atoms with van der Waals surface area (Å²) in [4.78, 5) is 27.4. The van der Waals surface area contributed by atoms with Gasteiger partial charge in [0.05, 0.1) is 11.9 Å². The van der Waals surface area contributed by atoms with E-state index in [1.807, 2.05) is 37.3 Å². The summed E-state index contributed by atoms with van der Waals surface area (Å²) in [5, 5.41) is 2.83. The van der Waals surface area contributed by atoms with Gasteiger partial charge >= 0.3 is 0 Å². The van der Waals surface area contributed by atoms with Gasteiger partial charge < -0.3 is 10.2 Å². The molecule has 7 nitrogen and oxygen atoms in total. The Balaban J connectivity index is 2.26. The molecule has 0 aromatic heterocycles. The van der Waals surface area contributed by atoms with Crippen LogP contribution in [0.25, 0.3) is 0 Å². The van der Waals surface area contributed by atoms with Crippen molar-refractivity contribution < 1.29 is 22.4 Å². The molecule has 0 aliphatic rings. The second-order valence-corrected chi connectivity index (χ2v) is 9.80. The van der Waals surface area contributed by atoms with Crippen molar-refractivity contribution in [3.05, 3.63) is 66.0 Å². The molecule has 9 heteroatoms. The van der Waals surface area contributed by atoms with Crippen molar-refractivity contribution in [3.8, 4) is 0 Å². The molecule has 33 heavy (non-hydrogen) atoms. The van der Waals surface area contributed by atoms with E-state index < -0.39 is 34.3 Å². The topological polar surface area (TPSA) is 86.8 Å². The van der Waals surface area contributed by atoms with E-state index in [0.717, 1.165) is 35.0 Å². The van der Waals surface area contributed by atoms with Crippen LogP contribution in [0.3, 0.4) is 0 Å². The van der Waals surface area contributed by atoms with Crippen LogP contribution in [0.15, 0.2) is 54.6 Å². The summed E-state index contributed by atoms with van der Waals surface area (Å²) in [6.07, 6.45) is 3.19. The first-order chi connectivity index (χ1) is 15.6. The number of unbranched alkanes of at least 4 members (excludes halogenated alkanes) is 1. The van der Waals surface area contributed by atoms with E-state index >= 15 is 0 Å². The van der Waals surface area contributed by atoms with Crippen LogP contribution < -0.4 is 9.62 Å². The Labute approximate surface area is 195 Å². The van der Waals surface area contributed by atoms with Crippen molar-refractivity contribution in [2.45, 2.75) is 39.2 Å². The lowest BCUT2D eigenvalue weighted by Gasteiger charge is -2.31. The summed E-state index contributed by atoms with van der Waals surface area (Å²) in [6.45, 7) is 3.82. The van der Waals surface area contributed by atoms with Crippen LogP contribution in [-0.4, -0.2) is 57.1 Å². The number of nitrogens with zero attached hydrogens (tertiary/aromatic N) is 2. The molecule has 2 amide bonds. The molecule has 2 aromatic carbocycles. The Kier molecular flexibility index (Phi) is 9.84. The van der Waals surface area contributed by atoms with Gasteiger partial charge in [-0.05, 0) is 43.5 Å². The number of sulfonamides is 1. The predicted molar refractivity (Wildman–Crippen MR) is 128 cm³/mol. The number of rotatable bonds is 12. The summed E-state index contributed by atoms with van der Waals surface area (Å²) in [5.41, 5.74) is 1.04. The molecule has 0 aliphatic carbocycles. The second kappa shape index (κ2) is 12.3. The highest BCUT2D eigenvalue weighted by Gasteiger charge is 2.29. The van der Waals surface area contributed by atoms with Crippen molar-refractivity contribution in [3.63, 3.8) is 0 Å². The second-order valence-electron chi connectivity index (χ2n) is 7.89. The van der Waals surface area contributed by atoms with Gasteiger partial charge in [0.2, 0.25) is 21.8 Å². The van der Waals surface area contributed by atoms with Gasteiger partial charge in [0, 0.05) is 13.1 Å². The maximum atomic E-state index is 13.7. The van der Waals surface area contributed by atoms with E-state index in [0.29, 0.717) is 13.0 Å². The third-order valence-corrected chi connectivity index (χ3v) is 6.40. The van der Waals surface area contributed by atoms with Crippen molar-refractivity contribution in [1.29, 1.82) is 0 Å². The van der Waals surface area contributed by atoms with Crippen LogP contribution in [0, 0.1) is 5.82 Å². The number of hydrogen-bond donors (Lipinski definition) is 1. The van der Waals surface area contributed by atoms with Crippen LogP contribution in [-0.2, 0) is 26.0 Å². The van der Waals surface area contributed by atoms with Gasteiger partial charge in [-0.15, -0.1) is 0 Å². The molecule has 0 spiro atoms. The molecule has 0 bridgehead atoms.